The van der Waals surface area contributed by atoms with E-state index in [1.807, 2.05) is 31.2 Å². The van der Waals surface area contributed by atoms with Crippen LogP contribution in [0.25, 0.3) is 10.9 Å². The lowest BCUT2D eigenvalue weighted by Gasteiger charge is -2.22. The number of ether oxygens (including phenoxy) is 1. The molecule has 7 heteroatoms. The quantitative estimate of drug-likeness (QED) is 0.493. The number of anilines is 2. The molecule has 1 aromatic heterocycles. The summed E-state index contributed by atoms with van der Waals surface area (Å²) in [5, 5.41) is 0.818. The highest BCUT2D eigenvalue weighted by Crippen LogP contribution is 2.32. The van der Waals surface area contributed by atoms with Crippen LogP contribution >= 0.6 is 0 Å². The molecule has 30 heavy (non-hydrogen) atoms. The van der Waals surface area contributed by atoms with E-state index >= 15 is 0 Å². The summed E-state index contributed by atoms with van der Waals surface area (Å²) in [6, 6.07) is 14.8. The van der Waals surface area contributed by atoms with Crippen LogP contribution in [-0.4, -0.2) is 37.1 Å². The summed E-state index contributed by atoms with van der Waals surface area (Å²) in [6.45, 7) is 3.85. The van der Waals surface area contributed by atoms with E-state index in [9.17, 15) is 9.59 Å². The Morgan fingerprint density at radius 1 is 1.03 bits per heavy atom. The molecule has 3 aromatic rings. The number of nitrogens with zero attached hydrogens (tertiary/aromatic N) is 2. The van der Waals surface area contributed by atoms with E-state index < -0.39 is 6.09 Å². The summed E-state index contributed by atoms with van der Waals surface area (Å²) in [5.41, 5.74) is 8.46. The summed E-state index contributed by atoms with van der Waals surface area (Å²) in [5.74, 6) is 0.744. The second kappa shape index (κ2) is 8.41. The fourth-order valence-corrected chi connectivity index (χ4v) is 3.92. The minimum absolute atomic E-state index is 0.124. The fourth-order valence-electron chi connectivity index (χ4n) is 3.92. The van der Waals surface area contributed by atoms with Crippen LogP contribution in [0.2, 0.25) is 0 Å². The van der Waals surface area contributed by atoms with Gasteiger partial charge in [0, 0.05) is 35.2 Å². The Labute approximate surface area is 175 Å². The standard InChI is InChI=1S/C23H24N4O3/c1-15-20(21(28)17-10-4-6-12-19(17)25-26-23(29)30-2)16-9-3-5-11-18(16)24-22(15)27-13-7-8-14-27/h3-6,9-12,25H,7-8,13-14H2,1-2H3,(H,26,29). The number of carbonyl (C=O) groups excluding carboxylic acids is 2. The van der Waals surface area contributed by atoms with Crippen LogP contribution in [-0.2, 0) is 4.74 Å². The van der Waals surface area contributed by atoms with Gasteiger partial charge in [0.25, 0.3) is 0 Å². The zero-order chi connectivity index (χ0) is 21.1. The first-order chi connectivity index (χ1) is 14.6. The first kappa shape index (κ1) is 19.7. The number of ketones is 1. The number of carbonyl (C=O) groups is 2. The van der Waals surface area contributed by atoms with E-state index in [2.05, 4.69) is 20.5 Å². The average Bonchev–Trinajstić information content (AvgIpc) is 3.31. The molecule has 154 valence electrons. The Balaban J connectivity index is 1.82. The van der Waals surface area contributed by atoms with Crippen molar-refractivity contribution in [2.75, 3.05) is 30.5 Å². The zero-order valence-corrected chi connectivity index (χ0v) is 17.1. The second-order valence-electron chi connectivity index (χ2n) is 7.26. The maximum atomic E-state index is 13.8. The molecule has 7 nitrogen and oxygen atoms in total. The van der Waals surface area contributed by atoms with Crippen molar-refractivity contribution in [3.05, 3.63) is 65.2 Å². The highest BCUT2D eigenvalue weighted by atomic mass is 16.5. The van der Waals surface area contributed by atoms with E-state index in [0.717, 1.165) is 48.2 Å². The summed E-state index contributed by atoms with van der Waals surface area (Å²) in [7, 11) is 1.28. The molecule has 2 N–H and O–H groups in total. The molecule has 0 radical (unpaired) electrons. The molecule has 0 bridgehead atoms. The first-order valence-electron chi connectivity index (χ1n) is 9.98. The van der Waals surface area contributed by atoms with Gasteiger partial charge >= 0.3 is 6.09 Å². The molecule has 1 aliphatic rings. The summed E-state index contributed by atoms with van der Waals surface area (Å²) >= 11 is 0. The number of hydrogen-bond acceptors (Lipinski definition) is 6. The number of methoxy groups -OCH3 is 1. The highest BCUT2D eigenvalue weighted by molar-refractivity contribution is 6.19. The minimum atomic E-state index is -0.640. The summed E-state index contributed by atoms with van der Waals surface area (Å²) in [4.78, 5) is 32.3. The second-order valence-corrected chi connectivity index (χ2v) is 7.26. The topological polar surface area (TPSA) is 83.6 Å². The third-order valence-electron chi connectivity index (χ3n) is 5.40. The Kier molecular flexibility index (Phi) is 5.52. The molecule has 0 atom stereocenters. The van der Waals surface area contributed by atoms with Gasteiger partial charge in [-0.1, -0.05) is 30.3 Å². The van der Waals surface area contributed by atoms with Crippen molar-refractivity contribution < 1.29 is 14.3 Å². The van der Waals surface area contributed by atoms with Gasteiger partial charge < -0.3 is 9.64 Å². The lowest BCUT2D eigenvalue weighted by molar-refractivity contribution is 0.104. The van der Waals surface area contributed by atoms with Crippen molar-refractivity contribution in [2.45, 2.75) is 19.8 Å². The number of amides is 1. The minimum Gasteiger partial charge on any atom is -0.452 e. The molecule has 1 amide bonds. The maximum Gasteiger partial charge on any atom is 0.425 e. The van der Waals surface area contributed by atoms with E-state index in [1.165, 1.54) is 7.11 Å². The number of para-hydroxylation sites is 2. The van der Waals surface area contributed by atoms with Crippen molar-refractivity contribution in [1.29, 1.82) is 0 Å². The van der Waals surface area contributed by atoms with Gasteiger partial charge in [0.1, 0.15) is 5.82 Å². The highest BCUT2D eigenvalue weighted by Gasteiger charge is 2.24. The number of aromatic nitrogens is 1. The van der Waals surface area contributed by atoms with Gasteiger partial charge in [-0.2, -0.15) is 0 Å². The van der Waals surface area contributed by atoms with Crippen molar-refractivity contribution in [3.63, 3.8) is 0 Å². The largest absolute Gasteiger partial charge is 0.452 e. The SMILES string of the molecule is COC(=O)NNc1ccccc1C(=O)c1c(C)c(N2CCCC2)nc2ccccc12. The number of nitrogens with one attached hydrogen (secondary N) is 2. The molecular weight excluding hydrogens is 380 g/mol. The third-order valence-corrected chi connectivity index (χ3v) is 5.40. The number of benzene rings is 2. The molecule has 2 aromatic carbocycles. The van der Waals surface area contributed by atoms with Crippen molar-refractivity contribution in [2.24, 2.45) is 0 Å². The van der Waals surface area contributed by atoms with E-state index in [-0.39, 0.29) is 5.78 Å². The lowest BCUT2D eigenvalue weighted by Crippen LogP contribution is -2.30. The fraction of sp³-hybridized carbons (Fsp3) is 0.261. The lowest BCUT2D eigenvalue weighted by atomic mass is 9.94. The number of fused-ring (bicyclic) bond motifs is 1. The molecule has 1 aliphatic heterocycles. The molecule has 1 fully saturated rings. The van der Waals surface area contributed by atoms with Gasteiger partial charge in [-0.25, -0.2) is 15.2 Å². The van der Waals surface area contributed by atoms with Crippen LogP contribution in [0.4, 0.5) is 16.3 Å². The van der Waals surface area contributed by atoms with Gasteiger partial charge in [-0.05, 0) is 38.0 Å². The average molecular weight is 404 g/mol. The molecule has 0 saturated carbocycles. The molecule has 0 aliphatic carbocycles. The summed E-state index contributed by atoms with van der Waals surface area (Å²) in [6.07, 6.45) is 1.62. The Morgan fingerprint density at radius 3 is 2.50 bits per heavy atom. The number of pyridine rings is 1. The predicted molar refractivity (Wildman–Crippen MR) is 117 cm³/mol. The normalized spacial score (nSPS) is 13.3. The molecule has 4 rings (SSSR count). The van der Waals surface area contributed by atoms with Crippen LogP contribution in [0.3, 0.4) is 0 Å². The zero-order valence-electron chi connectivity index (χ0n) is 17.1. The first-order valence-corrected chi connectivity index (χ1v) is 9.98. The van der Waals surface area contributed by atoms with Crippen LogP contribution < -0.4 is 15.8 Å². The van der Waals surface area contributed by atoms with Crippen molar-refractivity contribution in [1.82, 2.24) is 10.4 Å². The van der Waals surface area contributed by atoms with E-state index in [4.69, 9.17) is 4.98 Å². The Hall–Kier alpha value is -3.61. The van der Waals surface area contributed by atoms with Gasteiger partial charge in [-0.3, -0.25) is 10.2 Å². The van der Waals surface area contributed by atoms with Crippen molar-refractivity contribution >= 4 is 34.3 Å². The number of hydrazine groups is 1. The van der Waals surface area contributed by atoms with Gasteiger partial charge in [0.15, 0.2) is 5.78 Å². The number of hydrogen-bond donors (Lipinski definition) is 2. The smallest absolute Gasteiger partial charge is 0.425 e. The van der Waals surface area contributed by atoms with Gasteiger partial charge in [-0.15, -0.1) is 0 Å². The number of rotatable bonds is 5. The van der Waals surface area contributed by atoms with E-state index in [1.54, 1.807) is 24.3 Å². The third kappa shape index (κ3) is 3.66. The van der Waals surface area contributed by atoms with Crippen molar-refractivity contribution in [3.8, 4) is 0 Å². The molecule has 0 unspecified atom stereocenters. The van der Waals surface area contributed by atoms with E-state index in [0.29, 0.717) is 16.8 Å². The molecular formula is C23H24N4O3. The monoisotopic (exact) mass is 404 g/mol. The predicted octanol–water partition coefficient (Wildman–Crippen LogP) is 4.06. The van der Waals surface area contributed by atoms with Crippen LogP contribution in [0.1, 0.15) is 34.3 Å². The van der Waals surface area contributed by atoms with Crippen LogP contribution in [0.5, 0.6) is 0 Å². The summed E-state index contributed by atoms with van der Waals surface area (Å²) < 4.78 is 4.60. The molecule has 1 saturated heterocycles. The van der Waals surface area contributed by atoms with Gasteiger partial charge in [0.05, 0.1) is 18.3 Å². The van der Waals surface area contributed by atoms with Crippen LogP contribution in [0.15, 0.2) is 48.5 Å². The molecule has 0 spiro atoms. The molecule has 2 heterocycles. The van der Waals surface area contributed by atoms with Crippen LogP contribution in [0, 0.1) is 6.92 Å². The Morgan fingerprint density at radius 2 is 1.73 bits per heavy atom. The van der Waals surface area contributed by atoms with Gasteiger partial charge in [0.2, 0.25) is 0 Å². The maximum absolute atomic E-state index is 13.8. The Bertz CT molecular complexity index is 1110.